The van der Waals surface area contributed by atoms with Crippen molar-refractivity contribution in [3.05, 3.63) is 71.8 Å². The van der Waals surface area contributed by atoms with Crippen LogP contribution in [0.1, 0.15) is 11.1 Å². The van der Waals surface area contributed by atoms with Crippen molar-refractivity contribution in [3.63, 3.8) is 0 Å². The van der Waals surface area contributed by atoms with E-state index in [9.17, 15) is 0 Å². The number of hydrazine groups is 1. The van der Waals surface area contributed by atoms with Crippen molar-refractivity contribution in [3.8, 4) is 0 Å². The highest BCUT2D eigenvalue weighted by Crippen LogP contribution is 2.38. The molecule has 3 aromatic carbocycles. The van der Waals surface area contributed by atoms with Crippen molar-refractivity contribution in [2.24, 2.45) is 5.84 Å². The fourth-order valence-electron chi connectivity index (χ4n) is 2.87. The van der Waals surface area contributed by atoms with E-state index in [-0.39, 0.29) is 0 Å². The molecule has 0 radical (unpaired) electrons. The Labute approximate surface area is 112 Å². The smallest absolute Gasteiger partial charge is 0.0617 e. The van der Waals surface area contributed by atoms with Gasteiger partial charge in [-0.3, -0.25) is 5.01 Å². The van der Waals surface area contributed by atoms with E-state index in [4.69, 9.17) is 5.84 Å². The lowest BCUT2D eigenvalue weighted by molar-refractivity contribution is 0.997. The van der Waals surface area contributed by atoms with E-state index >= 15 is 0 Å². The maximum atomic E-state index is 6.28. The zero-order valence-corrected chi connectivity index (χ0v) is 10.5. The minimum absolute atomic E-state index is 0.948. The first kappa shape index (κ1) is 10.6. The van der Waals surface area contributed by atoms with Crippen LogP contribution in [0.5, 0.6) is 0 Å². The van der Waals surface area contributed by atoms with E-state index in [0.717, 1.165) is 17.8 Å². The van der Waals surface area contributed by atoms with Gasteiger partial charge in [-0.15, -0.1) is 0 Å². The van der Waals surface area contributed by atoms with Crippen LogP contribution in [0.3, 0.4) is 0 Å². The Kier molecular flexibility index (Phi) is 2.14. The van der Waals surface area contributed by atoms with Crippen LogP contribution in [0.15, 0.2) is 60.7 Å². The molecule has 0 aromatic heterocycles. The number of rotatable bonds is 0. The third kappa shape index (κ3) is 1.54. The number of fused-ring (bicyclic) bond motifs is 3. The summed E-state index contributed by atoms with van der Waals surface area (Å²) in [6.07, 6.45) is 0.948. The second-order valence-corrected chi connectivity index (χ2v) is 5.00. The fourth-order valence-corrected chi connectivity index (χ4v) is 2.87. The molecule has 0 saturated carbocycles. The summed E-state index contributed by atoms with van der Waals surface area (Å²) < 4.78 is 0. The van der Waals surface area contributed by atoms with E-state index in [1.54, 1.807) is 5.01 Å². The minimum atomic E-state index is 0.948. The molecule has 92 valence electrons. The Morgan fingerprint density at radius 2 is 1.42 bits per heavy atom. The highest BCUT2D eigenvalue weighted by molar-refractivity contribution is 5.90. The molecule has 0 amide bonds. The largest absolute Gasteiger partial charge is 0.279 e. The van der Waals surface area contributed by atoms with Gasteiger partial charge >= 0.3 is 0 Å². The number of nitrogens with two attached hydrogens (primary N) is 1. The van der Waals surface area contributed by atoms with Gasteiger partial charge in [0, 0.05) is 6.42 Å². The summed E-state index contributed by atoms with van der Waals surface area (Å²) in [5.74, 6) is 6.28. The third-order valence-corrected chi connectivity index (χ3v) is 3.84. The van der Waals surface area contributed by atoms with Gasteiger partial charge in [-0.25, -0.2) is 5.84 Å². The van der Waals surface area contributed by atoms with Gasteiger partial charge in [0.15, 0.2) is 0 Å². The summed E-state index contributed by atoms with van der Waals surface area (Å²) in [4.78, 5) is 0. The molecule has 0 fully saturated rings. The van der Waals surface area contributed by atoms with E-state index in [2.05, 4.69) is 54.6 Å². The van der Waals surface area contributed by atoms with Crippen LogP contribution in [0, 0.1) is 0 Å². The molecule has 2 heteroatoms. The third-order valence-electron chi connectivity index (χ3n) is 3.84. The van der Waals surface area contributed by atoms with Gasteiger partial charge in [-0.05, 0) is 40.1 Å². The Balaban J connectivity index is 1.98. The molecule has 1 aliphatic rings. The second-order valence-electron chi connectivity index (χ2n) is 5.00. The van der Waals surface area contributed by atoms with Crippen LogP contribution in [0.2, 0.25) is 0 Å². The number of hydrogen-bond donors (Lipinski definition) is 1. The number of nitrogens with zero attached hydrogens (tertiary/aromatic N) is 1. The molecule has 19 heavy (non-hydrogen) atoms. The normalized spacial score (nSPS) is 13.2. The summed E-state index contributed by atoms with van der Waals surface area (Å²) in [7, 11) is 0. The first-order valence-electron chi connectivity index (χ1n) is 6.47. The van der Waals surface area contributed by atoms with E-state index in [1.165, 1.54) is 21.9 Å². The van der Waals surface area contributed by atoms with Gasteiger partial charge < -0.3 is 0 Å². The summed E-state index contributed by atoms with van der Waals surface area (Å²) >= 11 is 0. The lowest BCUT2D eigenvalue weighted by Gasteiger charge is -2.29. The predicted molar refractivity (Wildman–Crippen MR) is 79.5 cm³/mol. The van der Waals surface area contributed by atoms with Crippen LogP contribution in [0.4, 0.5) is 11.4 Å². The van der Waals surface area contributed by atoms with Crippen LogP contribution < -0.4 is 10.9 Å². The predicted octanol–water partition coefficient (Wildman–Crippen LogP) is 3.76. The van der Waals surface area contributed by atoms with Crippen LogP contribution >= 0.6 is 0 Å². The van der Waals surface area contributed by atoms with E-state index < -0.39 is 0 Å². The van der Waals surface area contributed by atoms with Gasteiger partial charge in [0.2, 0.25) is 0 Å². The monoisotopic (exact) mass is 246 g/mol. The van der Waals surface area contributed by atoms with Crippen molar-refractivity contribution in [2.75, 3.05) is 5.01 Å². The standard InChI is InChI=1S/C17H14N2/c18-19-16-8-4-3-7-14(16)10-15-9-12-5-1-2-6-13(12)11-17(15)19/h1-9,11H,10,18H2. The molecular weight excluding hydrogens is 232 g/mol. The molecular formula is C17H14N2. The zero-order chi connectivity index (χ0) is 12.8. The molecule has 0 unspecified atom stereocenters. The number of anilines is 2. The Bertz CT molecular complexity index is 777. The number of benzene rings is 3. The van der Waals surface area contributed by atoms with Crippen LogP contribution in [-0.4, -0.2) is 0 Å². The summed E-state index contributed by atoms with van der Waals surface area (Å²) in [5, 5.41) is 4.31. The SMILES string of the molecule is NN1c2ccccc2Cc2cc3ccccc3cc21. The molecule has 3 aromatic rings. The summed E-state index contributed by atoms with van der Waals surface area (Å²) in [6.45, 7) is 0. The van der Waals surface area contributed by atoms with Crippen molar-refractivity contribution in [1.29, 1.82) is 0 Å². The minimum Gasteiger partial charge on any atom is -0.279 e. The average Bonchev–Trinajstić information content (AvgIpc) is 2.46. The number of hydrogen-bond acceptors (Lipinski definition) is 2. The average molecular weight is 246 g/mol. The van der Waals surface area contributed by atoms with Gasteiger partial charge in [0.25, 0.3) is 0 Å². The van der Waals surface area contributed by atoms with Crippen molar-refractivity contribution in [1.82, 2.24) is 0 Å². The molecule has 0 bridgehead atoms. The van der Waals surface area contributed by atoms with Crippen molar-refractivity contribution < 1.29 is 0 Å². The Morgan fingerprint density at radius 1 is 0.737 bits per heavy atom. The lowest BCUT2D eigenvalue weighted by Crippen LogP contribution is -2.29. The molecule has 0 spiro atoms. The van der Waals surface area contributed by atoms with E-state index in [0.29, 0.717) is 0 Å². The molecule has 0 aliphatic carbocycles. The maximum absolute atomic E-state index is 6.28. The summed E-state index contributed by atoms with van der Waals surface area (Å²) in [5.41, 5.74) is 4.79. The molecule has 2 N–H and O–H groups in total. The van der Waals surface area contributed by atoms with Crippen LogP contribution in [-0.2, 0) is 6.42 Å². The Hall–Kier alpha value is -2.32. The van der Waals surface area contributed by atoms with Crippen LogP contribution in [0.25, 0.3) is 10.8 Å². The maximum Gasteiger partial charge on any atom is 0.0617 e. The van der Waals surface area contributed by atoms with E-state index in [1.807, 2.05) is 6.07 Å². The highest BCUT2D eigenvalue weighted by Gasteiger charge is 2.20. The van der Waals surface area contributed by atoms with Gasteiger partial charge in [-0.2, -0.15) is 0 Å². The fraction of sp³-hybridized carbons (Fsp3) is 0.0588. The molecule has 2 nitrogen and oxygen atoms in total. The molecule has 1 aliphatic heterocycles. The zero-order valence-electron chi connectivity index (χ0n) is 10.5. The van der Waals surface area contributed by atoms with Gasteiger partial charge in [-0.1, -0.05) is 42.5 Å². The second kappa shape index (κ2) is 3.84. The quantitative estimate of drug-likeness (QED) is 0.612. The lowest BCUT2D eigenvalue weighted by atomic mass is 9.94. The molecule has 0 atom stereocenters. The summed E-state index contributed by atoms with van der Waals surface area (Å²) in [6, 6.07) is 21.2. The molecule has 4 rings (SSSR count). The van der Waals surface area contributed by atoms with Crippen molar-refractivity contribution in [2.45, 2.75) is 6.42 Å². The van der Waals surface area contributed by atoms with Gasteiger partial charge in [0.1, 0.15) is 0 Å². The van der Waals surface area contributed by atoms with Crippen molar-refractivity contribution >= 4 is 22.1 Å². The first-order valence-corrected chi connectivity index (χ1v) is 6.47. The van der Waals surface area contributed by atoms with Gasteiger partial charge in [0.05, 0.1) is 11.4 Å². The number of para-hydroxylation sites is 1. The Morgan fingerprint density at radius 3 is 2.26 bits per heavy atom. The highest BCUT2D eigenvalue weighted by atomic mass is 15.4. The molecule has 1 heterocycles. The topological polar surface area (TPSA) is 29.3 Å². The molecule has 0 saturated heterocycles. The first-order chi connectivity index (χ1) is 9.33.